The summed E-state index contributed by atoms with van der Waals surface area (Å²) in [6.45, 7) is 1.76. The second kappa shape index (κ2) is 3.72. The number of hydrogen-bond acceptors (Lipinski definition) is 2. The van der Waals surface area contributed by atoms with Crippen molar-refractivity contribution >= 4 is 28.3 Å². The molecule has 0 aliphatic heterocycles. The van der Waals surface area contributed by atoms with Gasteiger partial charge in [0.1, 0.15) is 11.0 Å². The first-order valence-corrected chi connectivity index (χ1v) is 4.87. The van der Waals surface area contributed by atoms with Crippen LogP contribution in [0.15, 0.2) is 18.2 Å². The summed E-state index contributed by atoms with van der Waals surface area (Å²) < 4.78 is 13.5. The van der Waals surface area contributed by atoms with Gasteiger partial charge in [0, 0.05) is 10.8 Å². The average Bonchev–Trinajstić information content (AvgIpc) is 2.22. The molecule has 0 bridgehead atoms. The number of rotatable bonds is 1. The minimum Gasteiger partial charge on any atom is -0.477 e. The SMILES string of the molecule is Cc1ccc(F)c2cc(C(=O)O)nc(Cl)c12. The molecule has 3 nitrogen and oxygen atoms in total. The highest BCUT2D eigenvalue weighted by Crippen LogP contribution is 2.28. The number of aryl methyl sites for hydroxylation is 1. The standard InChI is InChI=1S/C11H7ClFNO2/c1-5-2-3-7(13)6-4-8(11(15)16)14-10(12)9(5)6/h2-4H,1H3,(H,15,16). The first kappa shape index (κ1) is 10.8. The lowest BCUT2D eigenvalue weighted by Crippen LogP contribution is -2.01. The Morgan fingerprint density at radius 2 is 2.19 bits per heavy atom. The van der Waals surface area contributed by atoms with Gasteiger partial charge in [-0.05, 0) is 24.6 Å². The summed E-state index contributed by atoms with van der Waals surface area (Å²) in [6, 6.07) is 4.04. The molecular formula is C11H7ClFNO2. The molecule has 16 heavy (non-hydrogen) atoms. The van der Waals surface area contributed by atoms with Crippen LogP contribution in [0.5, 0.6) is 0 Å². The lowest BCUT2D eigenvalue weighted by Gasteiger charge is -2.06. The molecule has 5 heteroatoms. The highest BCUT2D eigenvalue weighted by molar-refractivity contribution is 6.34. The number of carboxylic acids is 1. The van der Waals surface area contributed by atoms with E-state index in [0.29, 0.717) is 5.39 Å². The van der Waals surface area contributed by atoms with Crippen LogP contribution in [-0.2, 0) is 0 Å². The fraction of sp³-hybridized carbons (Fsp3) is 0.0909. The third-order valence-electron chi connectivity index (χ3n) is 2.33. The third kappa shape index (κ3) is 1.61. The number of aromatic carboxylic acids is 1. The van der Waals surface area contributed by atoms with E-state index in [1.165, 1.54) is 12.1 Å². The maximum absolute atomic E-state index is 13.5. The van der Waals surface area contributed by atoms with Crippen LogP contribution >= 0.6 is 11.6 Å². The topological polar surface area (TPSA) is 50.2 Å². The molecule has 0 aliphatic rings. The van der Waals surface area contributed by atoms with Gasteiger partial charge < -0.3 is 5.11 Å². The van der Waals surface area contributed by atoms with Crippen molar-refractivity contribution in [3.05, 3.63) is 40.4 Å². The van der Waals surface area contributed by atoms with Crippen molar-refractivity contribution in [2.24, 2.45) is 0 Å². The highest BCUT2D eigenvalue weighted by Gasteiger charge is 2.13. The van der Waals surface area contributed by atoms with Crippen molar-refractivity contribution in [1.82, 2.24) is 4.98 Å². The van der Waals surface area contributed by atoms with Crippen molar-refractivity contribution in [3.8, 4) is 0 Å². The minimum absolute atomic E-state index is 0.00639. The quantitative estimate of drug-likeness (QED) is 0.778. The monoisotopic (exact) mass is 239 g/mol. The number of carbonyl (C=O) groups is 1. The van der Waals surface area contributed by atoms with Crippen molar-refractivity contribution in [3.63, 3.8) is 0 Å². The Balaban J connectivity index is 2.92. The van der Waals surface area contributed by atoms with Gasteiger partial charge in [0.15, 0.2) is 5.69 Å². The zero-order chi connectivity index (χ0) is 11.9. The van der Waals surface area contributed by atoms with E-state index in [-0.39, 0.29) is 16.2 Å². The molecule has 0 aliphatic carbocycles. The number of fused-ring (bicyclic) bond motifs is 1. The molecule has 0 unspecified atom stereocenters. The Morgan fingerprint density at radius 1 is 1.50 bits per heavy atom. The second-order valence-electron chi connectivity index (χ2n) is 3.39. The first-order valence-electron chi connectivity index (χ1n) is 4.49. The predicted molar refractivity (Wildman–Crippen MR) is 58.4 cm³/mol. The van der Waals surface area contributed by atoms with Crippen LogP contribution in [0.1, 0.15) is 16.1 Å². The van der Waals surface area contributed by atoms with Crippen LogP contribution in [0.3, 0.4) is 0 Å². The van der Waals surface area contributed by atoms with Gasteiger partial charge in [-0.1, -0.05) is 17.7 Å². The molecule has 0 saturated carbocycles. The Labute approximate surface area is 95.5 Å². The molecule has 1 aromatic heterocycles. The number of aromatic nitrogens is 1. The minimum atomic E-state index is -1.23. The lowest BCUT2D eigenvalue weighted by atomic mass is 10.1. The molecule has 1 heterocycles. The Hall–Kier alpha value is -1.68. The molecule has 1 N–H and O–H groups in total. The highest BCUT2D eigenvalue weighted by atomic mass is 35.5. The summed E-state index contributed by atoms with van der Waals surface area (Å²) in [6.07, 6.45) is 0. The zero-order valence-electron chi connectivity index (χ0n) is 8.29. The first-order chi connectivity index (χ1) is 7.50. The second-order valence-corrected chi connectivity index (χ2v) is 3.75. The van der Waals surface area contributed by atoms with Gasteiger partial charge in [-0.25, -0.2) is 14.2 Å². The summed E-state index contributed by atoms with van der Waals surface area (Å²) in [4.78, 5) is 14.5. The summed E-state index contributed by atoms with van der Waals surface area (Å²) >= 11 is 5.84. The van der Waals surface area contributed by atoms with Crippen molar-refractivity contribution < 1.29 is 14.3 Å². The number of benzene rings is 1. The lowest BCUT2D eigenvalue weighted by molar-refractivity contribution is 0.0690. The predicted octanol–water partition coefficient (Wildman–Crippen LogP) is 3.03. The number of pyridine rings is 1. The molecule has 82 valence electrons. The summed E-state index contributed by atoms with van der Waals surface area (Å²) in [5.74, 6) is -1.74. The van der Waals surface area contributed by atoms with E-state index >= 15 is 0 Å². The van der Waals surface area contributed by atoms with Gasteiger partial charge in [0.25, 0.3) is 0 Å². The number of halogens is 2. The fourth-order valence-corrected chi connectivity index (χ4v) is 1.90. The summed E-state index contributed by atoms with van der Waals surface area (Å²) in [5, 5.41) is 9.42. The van der Waals surface area contributed by atoms with Gasteiger partial charge in [0.05, 0.1) is 0 Å². The van der Waals surface area contributed by atoms with Crippen LogP contribution < -0.4 is 0 Å². The Kier molecular flexibility index (Phi) is 2.52. The zero-order valence-corrected chi connectivity index (χ0v) is 9.05. The van der Waals surface area contributed by atoms with Crippen LogP contribution in [-0.4, -0.2) is 16.1 Å². The van der Waals surface area contributed by atoms with Gasteiger partial charge in [-0.3, -0.25) is 0 Å². The van der Waals surface area contributed by atoms with Gasteiger partial charge in [-0.2, -0.15) is 0 Å². The molecular weight excluding hydrogens is 233 g/mol. The van der Waals surface area contributed by atoms with Crippen molar-refractivity contribution in [2.45, 2.75) is 6.92 Å². The molecule has 0 saturated heterocycles. The molecule has 0 spiro atoms. The molecule has 2 aromatic rings. The van der Waals surface area contributed by atoms with Crippen LogP contribution in [0.4, 0.5) is 4.39 Å². The van der Waals surface area contributed by atoms with E-state index in [0.717, 1.165) is 5.56 Å². The maximum Gasteiger partial charge on any atom is 0.354 e. The third-order valence-corrected chi connectivity index (χ3v) is 2.60. The normalized spacial score (nSPS) is 10.7. The fourth-order valence-electron chi connectivity index (χ4n) is 1.56. The maximum atomic E-state index is 13.5. The van der Waals surface area contributed by atoms with Gasteiger partial charge >= 0.3 is 5.97 Å². The Morgan fingerprint density at radius 3 is 2.81 bits per heavy atom. The van der Waals surface area contributed by atoms with Crippen LogP contribution in [0.2, 0.25) is 5.15 Å². The number of nitrogens with zero attached hydrogens (tertiary/aromatic N) is 1. The van der Waals surface area contributed by atoms with E-state index in [4.69, 9.17) is 16.7 Å². The molecule has 2 rings (SSSR count). The van der Waals surface area contributed by atoms with Crippen molar-refractivity contribution in [2.75, 3.05) is 0 Å². The van der Waals surface area contributed by atoms with Gasteiger partial charge in [0.2, 0.25) is 0 Å². The molecule has 1 aromatic carbocycles. The van der Waals surface area contributed by atoms with E-state index < -0.39 is 11.8 Å². The molecule has 0 fully saturated rings. The summed E-state index contributed by atoms with van der Waals surface area (Å²) in [5.41, 5.74) is 0.493. The van der Waals surface area contributed by atoms with E-state index in [2.05, 4.69) is 4.98 Å². The van der Waals surface area contributed by atoms with Crippen LogP contribution in [0.25, 0.3) is 10.8 Å². The van der Waals surface area contributed by atoms with Crippen molar-refractivity contribution in [1.29, 1.82) is 0 Å². The van der Waals surface area contributed by atoms with E-state index in [1.54, 1.807) is 13.0 Å². The van der Waals surface area contributed by atoms with E-state index in [1.807, 2.05) is 0 Å². The molecule has 0 radical (unpaired) electrons. The number of carboxylic acid groups (broad SMARTS) is 1. The smallest absolute Gasteiger partial charge is 0.354 e. The largest absolute Gasteiger partial charge is 0.477 e. The number of hydrogen-bond donors (Lipinski definition) is 1. The van der Waals surface area contributed by atoms with E-state index in [9.17, 15) is 9.18 Å². The Bertz CT molecular complexity index is 598. The molecule has 0 amide bonds. The summed E-state index contributed by atoms with van der Waals surface area (Å²) in [7, 11) is 0. The average molecular weight is 240 g/mol. The van der Waals surface area contributed by atoms with Gasteiger partial charge in [-0.15, -0.1) is 0 Å². The van der Waals surface area contributed by atoms with Crippen LogP contribution in [0, 0.1) is 12.7 Å². The molecule has 0 atom stereocenters.